The zero-order valence-electron chi connectivity index (χ0n) is 15.4. The minimum absolute atomic E-state index is 0.180. The number of amides is 1. The highest BCUT2D eigenvalue weighted by molar-refractivity contribution is 5.91. The van der Waals surface area contributed by atoms with Gasteiger partial charge >= 0.3 is 0 Å². The molecule has 0 radical (unpaired) electrons. The van der Waals surface area contributed by atoms with Crippen molar-refractivity contribution in [3.8, 4) is 0 Å². The number of furan rings is 1. The second-order valence-electron chi connectivity index (χ2n) is 6.82. The molecule has 4 rings (SSSR count). The van der Waals surface area contributed by atoms with E-state index in [-0.39, 0.29) is 11.9 Å². The predicted molar refractivity (Wildman–Crippen MR) is 98.9 cm³/mol. The fourth-order valence-electron chi connectivity index (χ4n) is 3.57. The number of aryl methyl sites for hydroxylation is 1. The van der Waals surface area contributed by atoms with E-state index < -0.39 is 0 Å². The molecule has 3 aromatic heterocycles. The van der Waals surface area contributed by atoms with Gasteiger partial charge in [-0.25, -0.2) is 0 Å². The second-order valence-corrected chi connectivity index (χ2v) is 6.82. The van der Waals surface area contributed by atoms with E-state index in [1.54, 1.807) is 12.1 Å². The summed E-state index contributed by atoms with van der Waals surface area (Å²) in [7, 11) is 0. The summed E-state index contributed by atoms with van der Waals surface area (Å²) in [5.41, 5.74) is 2.42. The van der Waals surface area contributed by atoms with Crippen LogP contribution in [0, 0.1) is 0 Å². The molecule has 0 aromatic carbocycles. The Morgan fingerprint density at radius 1 is 1.37 bits per heavy atom. The van der Waals surface area contributed by atoms with Gasteiger partial charge < -0.3 is 9.73 Å². The van der Waals surface area contributed by atoms with Crippen LogP contribution in [0.3, 0.4) is 0 Å². The zero-order valence-corrected chi connectivity index (χ0v) is 15.4. The van der Waals surface area contributed by atoms with E-state index in [2.05, 4.69) is 44.3 Å². The Kier molecular flexibility index (Phi) is 5.06. The summed E-state index contributed by atoms with van der Waals surface area (Å²) in [4.78, 5) is 14.4. The van der Waals surface area contributed by atoms with Crippen LogP contribution < -0.4 is 5.32 Å². The van der Waals surface area contributed by atoms with Crippen LogP contribution in [-0.4, -0.2) is 43.5 Å². The van der Waals surface area contributed by atoms with E-state index in [1.807, 2.05) is 17.1 Å². The van der Waals surface area contributed by atoms with Crippen LogP contribution in [-0.2, 0) is 19.6 Å². The predicted octanol–water partition coefficient (Wildman–Crippen LogP) is 2.07. The molecule has 1 aliphatic rings. The molecule has 0 fully saturated rings. The first kappa shape index (κ1) is 17.5. The molecule has 1 atom stereocenters. The molecule has 27 heavy (non-hydrogen) atoms. The smallest absolute Gasteiger partial charge is 0.286 e. The van der Waals surface area contributed by atoms with Gasteiger partial charge in [0.2, 0.25) is 0 Å². The van der Waals surface area contributed by atoms with Gasteiger partial charge in [0, 0.05) is 50.7 Å². The van der Waals surface area contributed by atoms with Crippen molar-refractivity contribution in [1.82, 2.24) is 29.8 Å². The molecule has 1 N–H and O–H groups in total. The van der Waals surface area contributed by atoms with Crippen LogP contribution in [0.5, 0.6) is 0 Å². The van der Waals surface area contributed by atoms with Crippen LogP contribution >= 0.6 is 0 Å². The Balaban J connectivity index is 1.37. The maximum Gasteiger partial charge on any atom is 0.286 e. The second kappa shape index (κ2) is 7.79. The summed E-state index contributed by atoms with van der Waals surface area (Å²) >= 11 is 0. The van der Waals surface area contributed by atoms with Gasteiger partial charge in [-0.3, -0.25) is 19.1 Å². The van der Waals surface area contributed by atoms with Gasteiger partial charge in [-0.15, -0.1) is 0 Å². The zero-order chi connectivity index (χ0) is 18.6. The Labute approximate surface area is 157 Å². The standard InChI is InChI=1S/C19H24N6O2/c1-2-24-12-15(10-22-24)11-23-13-16(25-17(14-23)6-8-21-25)5-7-20-19(26)18-4-3-9-27-18/h3-4,6,8-10,12,16H,2,5,7,11,13-14H2,1H3,(H,20,26)/t16-/m0/s1. The van der Waals surface area contributed by atoms with Crippen LogP contribution in [0.25, 0.3) is 0 Å². The number of rotatable bonds is 7. The van der Waals surface area contributed by atoms with Crippen molar-refractivity contribution in [1.29, 1.82) is 0 Å². The average molecular weight is 368 g/mol. The van der Waals surface area contributed by atoms with Crippen molar-refractivity contribution >= 4 is 5.91 Å². The van der Waals surface area contributed by atoms with Gasteiger partial charge in [0.25, 0.3) is 5.91 Å². The largest absolute Gasteiger partial charge is 0.459 e. The molecule has 0 unspecified atom stereocenters. The van der Waals surface area contributed by atoms with E-state index in [0.29, 0.717) is 12.3 Å². The molecule has 142 valence electrons. The van der Waals surface area contributed by atoms with Crippen molar-refractivity contribution in [2.24, 2.45) is 0 Å². The maximum atomic E-state index is 12.0. The first-order valence-corrected chi connectivity index (χ1v) is 9.30. The van der Waals surface area contributed by atoms with E-state index >= 15 is 0 Å². The SMILES string of the molecule is CCn1cc(CN2Cc3ccnn3[C@@H](CCNC(=O)c3ccco3)C2)cn1. The number of nitrogens with one attached hydrogen (secondary N) is 1. The quantitative estimate of drug-likeness (QED) is 0.690. The van der Waals surface area contributed by atoms with E-state index in [4.69, 9.17) is 4.42 Å². The molecular formula is C19H24N6O2. The number of aromatic nitrogens is 4. The van der Waals surface area contributed by atoms with Crippen molar-refractivity contribution in [2.75, 3.05) is 13.1 Å². The molecule has 0 saturated carbocycles. The topological polar surface area (TPSA) is 81.1 Å². The lowest BCUT2D eigenvalue weighted by Crippen LogP contribution is -2.38. The van der Waals surface area contributed by atoms with Crippen molar-refractivity contribution in [2.45, 2.75) is 39.0 Å². The van der Waals surface area contributed by atoms with Gasteiger partial charge in [-0.1, -0.05) is 0 Å². The molecule has 0 spiro atoms. The summed E-state index contributed by atoms with van der Waals surface area (Å²) < 4.78 is 9.17. The highest BCUT2D eigenvalue weighted by atomic mass is 16.3. The summed E-state index contributed by atoms with van der Waals surface area (Å²) in [6.45, 7) is 6.16. The Bertz CT molecular complexity index is 882. The van der Waals surface area contributed by atoms with Crippen LogP contribution in [0.2, 0.25) is 0 Å². The highest BCUT2D eigenvalue weighted by Crippen LogP contribution is 2.24. The molecule has 0 aliphatic carbocycles. The molecule has 0 saturated heterocycles. The Morgan fingerprint density at radius 3 is 3.07 bits per heavy atom. The van der Waals surface area contributed by atoms with Crippen LogP contribution in [0.4, 0.5) is 0 Å². The third-order valence-electron chi connectivity index (χ3n) is 4.88. The molecular weight excluding hydrogens is 344 g/mol. The number of carbonyl (C=O) groups excluding carboxylic acids is 1. The minimum Gasteiger partial charge on any atom is -0.459 e. The number of fused-ring (bicyclic) bond motifs is 1. The highest BCUT2D eigenvalue weighted by Gasteiger charge is 2.25. The van der Waals surface area contributed by atoms with Crippen LogP contribution in [0.1, 0.15) is 41.2 Å². The fraction of sp³-hybridized carbons (Fsp3) is 0.421. The molecule has 1 aliphatic heterocycles. The third-order valence-corrected chi connectivity index (χ3v) is 4.88. The minimum atomic E-state index is -0.180. The molecule has 0 bridgehead atoms. The number of nitrogens with zero attached hydrogens (tertiary/aromatic N) is 5. The first-order valence-electron chi connectivity index (χ1n) is 9.30. The van der Waals surface area contributed by atoms with Gasteiger partial charge in [-0.2, -0.15) is 10.2 Å². The molecule has 4 heterocycles. The fourth-order valence-corrected chi connectivity index (χ4v) is 3.57. The lowest BCUT2D eigenvalue weighted by atomic mass is 10.1. The van der Waals surface area contributed by atoms with Gasteiger partial charge in [0.05, 0.1) is 24.2 Å². The van der Waals surface area contributed by atoms with Crippen LogP contribution in [0.15, 0.2) is 47.5 Å². The lowest BCUT2D eigenvalue weighted by molar-refractivity contribution is 0.0919. The third kappa shape index (κ3) is 3.95. The van der Waals surface area contributed by atoms with Crippen molar-refractivity contribution < 1.29 is 9.21 Å². The Hall–Kier alpha value is -2.87. The molecule has 1 amide bonds. The lowest BCUT2D eigenvalue weighted by Gasteiger charge is -2.33. The average Bonchev–Trinajstić information content (AvgIpc) is 3.42. The normalized spacial score (nSPS) is 17.0. The molecule has 3 aromatic rings. The maximum absolute atomic E-state index is 12.0. The van der Waals surface area contributed by atoms with E-state index in [0.717, 1.165) is 32.6 Å². The van der Waals surface area contributed by atoms with Crippen molar-refractivity contribution in [3.05, 3.63) is 60.1 Å². The Morgan fingerprint density at radius 2 is 2.30 bits per heavy atom. The number of hydrogen-bond donors (Lipinski definition) is 1. The molecule has 8 heteroatoms. The monoisotopic (exact) mass is 368 g/mol. The summed E-state index contributed by atoms with van der Waals surface area (Å²) in [5.74, 6) is 0.160. The number of hydrogen-bond acceptors (Lipinski definition) is 5. The van der Waals surface area contributed by atoms with Crippen molar-refractivity contribution in [3.63, 3.8) is 0 Å². The summed E-state index contributed by atoms with van der Waals surface area (Å²) in [6, 6.07) is 5.67. The van der Waals surface area contributed by atoms with Gasteiger partial charge in [-0.05, 0) is 31.5 Å². The number of carbonyl (C=O) groups is 1. The van der Waals surface area contributed by atoms with Gasteiger partial charge in [0.1, 0.15) is 0 Å². The summed E-state index contributed by atoms with van der Waals surface area (Å²) in [6.07, 6.45) is 8.21. The van der Waals surface area contributed by atoms with E-state index in [1.165, 1.54) is 17.5 Å². The first-order chi connectivity index (χ1) is 13.2. The van der Waals surface area contributed by atoms with E-state index in [9.17, 15) is 4.79 Å². The summed E-state index contributed by atoms with van der Waals surface area (Å²) in [5, 5.41) is 11.8. The molecule has 8 nitrogen and oxygen atoms in total. The van der Waals surface area contributed by atoms with Gasteiger partial charge in [0.15, 0.2) is 5.76 Å².